The van der Waals surface area contributed by atoms with Crippen LogP contribution in [0.4, 0.5) is 0 Å². The molecule has 76 valence electrons. The Bertz CT molecular complexity index is 349. The fourth-order valence-corrected chi connectivity index (χ4v) is 1.63. The number of halogens is 3. The molecule has 0 bridgehead atoms. The molecule has 0 radical (unpaired) electrons. The largest absolute Gasteiger partial charge is 0.298 e. The van der Waals surface area contributed by atoms with Crippen molar-refractivity contribution in [2.75, 3.05) is 0 Å². The molecule has 0 fully saturated rings. The number of rotatable bonds is 3. The van der Waals surface area contributed by atoms with Crippen molar-refractivity contribution in [2.45, 2.75) is 18.7 Å². The predicted octanol–water partition coefficient (Wildman–Crippen LogP) is 4.25. The molecule has 14 heavy (non-hydrogen) atoms. The van der Waals surface area contributed by atoms with Gasteiger partial charge in [0.2, 0.25) is 0 Å². The number of carbonyl (C=O) groups is 1. The van der Waals surface area contributed by atoms with Gasteiger partial charge in [-0.15, -0.1) is 11.6 Å². The van der Waals surface area contributed by atoms with Gasteiger partial charge in [0.15, 0.2) is 5.78 Å². The first-order chi connectivity index (χ1) is 6.56. The number of alkyl halides is 1. The number of hydrogen-bond acceptors (Lipinski definition) is 1. The third-order valence-electron chi connectivity index (χ3n) is 1.87. The van der Waals surface area contributed by atoms with Gasteiger partial charge in [-0.1, -0.05) is 36.2 Å². The van der Waals surface area contributed by atoms with Gasteiger partial charge in [0.1, 0.15) is 5.38 Å². The Labute approximate surface area is 98.0 Å². The smallest absolute Gasteiger partial charge is 0.154 e. The van der Waals surface area contributed by atoms with Crippen LogP contribution >= 0.6 is 34.8 Å². The molecule has 1 nitrogen and oxygen atoms in total. The summed E-state index contributed by atoms with van der Waals surface area (Å²) in [7, 11) is 0. The van der Waals surface area contributed by atoms with E-state index in [0.29, 0.717) is 22.0 Å². The molecule has 0 saturated carbocycles. The maximum atomic E-state index is 11.3. The summed E-state index contributed by atoms with van der Waals surface area (Å²) in [5.74, 6) is -0.0231. The van der Waals surface area contributed by atoms with Crippen LogP contribution in [0.1, 0.15) is 24.3 Å². The highest BCUT2D eigenvalue weighted by molar-refractivity contribution is 6.42. The highest BCUT2D eigenvalue weighted by Crippen LogP contribution is 2.29. The van der Waals surface area contributed by atoms with E-state index < -0.39 is 5.38 Å². The van der Waals surface area contributed by atoms with Gasteiger partial charge in [0.25, 0.3) is 0 Å². The van der Waals surface area contributed by atoms with Crippen LogP contribution in [0.5, 0.6) is 0 Å². The lowest BCUT2D eigenvalue weighted by Crippen LogP contribution is -2.04. The highest BCUT2D eigenvalue weighted by Gasteiger charge is 2.16. The van der Waals surface area contributed by atoms with Crippen LogP contribution in [0.3, 0.4) is 0 Å². The summed E-state index contributed by atoms with van der Waals surface area (Å²) in [6, 6.07) is 4.96. The molecule has 1 aromatic rings. The predicted molar refractivity (Wildman–Crippen MR) is 60.4 cm³/mol. The summed E-state index contributed by atoms with van der Waals surface area (Å²) in [5.41, 5.74) is 0.688. The van der Waals surface area contributed by atoms with Gasteiger partial charge in [-0.2, -0.15) is 0 Å². The Hall–Kier alpha value is -0.240. The zero-order valence-corrected chi connectivity index (χ0v) is 9.83. The Morgan fingerprint density at radius 2 is 2.00 bits per heavy atom. The van der Waals surface area contributed by atoms with E-state index in [0.717, 1.165) is 0 Å². The third-order valence-corrected chi connectivity index (χ3v) is 3.10. The van der Waals surface area contributed by atoms with Gasteiger partial charge >= 0.3 is 0 Å². The van der Waals surface area contributed by atoms with E-state index in [2.05, 4.69) is 0 Å². The minimum Gasteiger partial charge on any atom is -0.298 e. The van der Waals surface area contributed by atoms with Gasteiger partial charge < -0.3 is 0 Å². The first kappa shape index (κ1) is 11.8. The van der Waals surface area contributed by atoms with Gasteiger partial charge in [-0.05, 0) is 17.7 Å². The fraction of sp³-hybridized carbons (Fsp3) is 0.300. The maximum absolute atomic E-state index is 11.3. The van der Waals surface area contributed by atoms with Crippen LogP contribution < -0.4 is 0 Å². The average Bonchev–Trinajstić information content (AvgIpc) is 2.20. The summed E-state index contributed by atoms with van der Waals surface area (Å²) in [4.78, 5) is 11.3. The van der Waals surface area contributed by atoms with E-state index >= 15 is 0 Å². The Kier molecular flexibility index (Phi) is 4.24. The lowest BCUT2D eigenvalue weighted by molar-refractivity contribution is -0.118. The summed E-state index contributed by atoms with van der Waals surface area (Å²) in [5, 5.41) is 0.247. The molecular weight excluding hydrogens is 242 g/mol. The number of carbonyl (C=O) groups excluding carboxylic acids is 1. The molecule has 0 aliphatic carbocycles. The van der Waals surface area contributed by atoms with E-state index in [1.165, 1.54) is 0 Å². The van der Waals surface area contributed by atoms with Gasteiger partial charge in [0.05, 0.1) is 10.0 Å². The third kappa shape index (κ3) is 2.63. The van der Waals surface area contributed by atoms with Crippen molar-refractivity contribution in [3.63, 3.8) is 0 Å². The van der Waals surface area contributed by atoms with Gasteiger partial charge in [-0.3, -0.25) is 4.79 Å². The van der Waals surface area contributed by atoms with Crippen LogP contribution in [0.25, 0.3) is 0 Å². The summed E-state index contributed by atoms with van der Waals surface area (Å²) in [6.07, 6.45) is 0.411. The maximum Gasteiger partial charge on any atom is 0.154 e. The molecule has 0 N–H and O–H groups in total. The first-order valence-corrected chi connectivity index (χ1v) is 5.37. The fourth-order valence-electron chi connectivity index (χ4n) is 1.04. The summed E-state index contributed by atoms with van der Waals surface area (Å²) in [6.45, 7) is 1.77. The molecule has 1 unspecified atom stereocenters. The molecule has 1 aromatic carbocycles. The molecule has 0 aliphatic rings. The molecule has 0 aromatic heterocycles. The minimum absolute atomic E-state index is 0.0231. The number of Topliss-reactive ketones (excluding diaryl/α,β-unsaturated/α-hetero) is 1. The lowest BCUT2D eigenvalue weighted by atomic mass is 10.1. The second-order valence-corrected chi connectivity index (χ2v) is 4.11. The van der Waals surface area contributed by atoms with E-state index in [4.69, 9.17) is 34.8 Å². The van der Waals surface area contributed by atoms with Crippen molar-refractivity contribution >= 4 is 40.6 Å². The van der Waals surface area contributed by atoms with Crippen LogP contribution in [0, 0.1) is 0 Å². The van der Waals surface area contributed by atoms with Gasteiger partial charge in [0, 0.05) is 6.42 Å². The summed E-state index contributed by atoms with van der Waals surface area (Å²) >= 11 is 17.5. The second-order valence-electron chi connectivity index (χ2n) is 2.86. The van der Waals surface area contributed by atoms with Crippen molar-refractivity contribution in [1.29, 1.82) is 0 Å². The average molecular weight is 252 g/mol. The second kappa shape index (κ2) is 5.01. The quantitative estimate of drug-likeness (QED) is 0.734. The summed E-state index contributed by atoms with van der Waals surface area (Å²) < 4.78 is 0. The molecule has 0 saturated heterocycles. The van der Waals surface area contributed by atoms with E-state index in [-0.39, 0.29) is 5.78 Å². The highest BCUT2D eigenvalue weighted by atomic mass is 35.5. The first-order valence-electron chi connectivity index (χ1n) is 4.18. The van der Waals surface area contributed by atoms with Crippen molar-refractivity contribution in [1.82, 2.24) is 0 Å². The Morgan fingerprint density at radius 1 is 1.36 bits per heavy atom. The Morgan fingerprint density at radius 3 is 2.50 bits per heavy atom. The van der Waals surface area contributed by atoms with Crippen molar-refractivity contribution in [2.24, 2.45) is 0 Å². The van der Waals surface area contributed by atoms with Crippen LogP contribution in [0.15, 0.2) is 18.2 Å². The van der Waals surface area contributed by atoms with Crippen molar-refractivity contribution < 1.29 is 4.79 Å². The zero-order valence-electron chi connectivity index (χ0n) is 7.56. The number of ketones is 1. The van der Waals surface area contributed by atoms with E-state index in [1.807, 2.05) is 0 Å². The molecule has 0 spiro atoms. The number of hydrogen-bond donors (Lipinski definition) is 0. The molecule has 1 atom stereocenters. The van der Waals surface area contributed by atoms with Gasteiger partial charge in [-0.25, -0.2) is 0 Å². The topological polar surface area (TPSA) is 17.1 Å². The molecule has 4 heteroatoms. The van der Waals surface area contributed by atoms with E-state index in [9.17, 15) is 4.79 Å². The number of benzene rings is 1. The zero-order chi connectivity index (χ0) is 10.7. The molecular formula is C10H9Cl3O. The molecule has 1 rings (SSSR count). The van der Waals surface area contributed by atoms with Crippen LogP contribution in [-0.2, 0) is 4.79 Å². The monoisotopic (exact) mass is 250 g/mol. The van der Waals surface area contributed by atoms with Crippen molar-refractivity contribution in [3.05, 3.63) is 33.8 Å². The minimum atomic E-state index is -0.630. The standard InChI is InChI=1S/C10H9Cl3O/c1-2-9(14)10(13)6-3-4-7(11)8(12)5-6/h3-5,10H,2H2,1H3. The van der Waals surface area contributed by atoms with Crippen LogP contribution in [-0.4, -0.2) is 5.78 Å². The van der Waals surface area contributed by atoms with E-state index in [1.54, 1.807) is 25.1 Å². The van der Waals surface area contributed by atoms with Crippen molar-refractivity contribution in [3.8, 4) is 0 Å². The molecule has 0 heterocycles. The molecule has 0 amide bonds. The SMILES string of the molecule is CCC(=O)C(Cl)c1ccc(Cl)c(Cl)c1. The Balaban J connectivity index is 2.96. The molecule has 0 aliphatic heterocycles. The lowest BCUT2D eigenvalue weighted by Gasteiger charge is -2.08. The van der Waals surface area contributed by atoms with Crippen LogP contribution in [0.2, 0.25) is 10.0 Å². The normalized spacial score (nSPS) is 12.6.